The number of ether oxygens (including phenoxy) is 1. The maximum Gasteiger partial charge on any atom is 0.220 e. The number of carbonyl (C=O) groups excluding carboxylic acids is 1. The Morgan fingerprint density at radius 3 is 2.79 bits per heavy atom. The van der Waals surface area contributed by atoms with E-state index >= 15 is 0 Å². The molecule has 6 heteroatoms. The van der Waals surface area contributed by atoms with Gasteiger partial charge in [-0.15, -0.1) is 0 Å². The summed E-state index contributed by atoms with van der Waals surface area (Å²) in [6.07, 6.45) is 3.43. The predicted octanol–water partition coefficient (Wildman–Crippen LogP) is 2.07. The Morgan fingerprint density at radius 1 is 1.58 bits per heavy atom. The molecule has 2 N–H and O–H groups in total. The lowest BCUT2D eigenvalue weighted by molar-refractivity contribution is -0.120. The molecule has 3 atom stereocenters. The van der Waals surface area contributed by atoms with E-state index < -0.39 is 0 Å². The summed E-state index contributed by atoms with van der Waals surface area (Å²) in [6.45, 7) is 6.71. The van der Waals surface area contributed by atoms with Crippen molar-refractivity contribution in [1.82, 2.24) is 5.32 Å². The van der Waals surface area contributed by atoms with E-state index in [9.17, 15) is 9.90 Å². The molecular formula is C13H25NO3S2. The van der Waals surface area contributed by atoms with Gasteiger partial charge in [0.15, 0.2) is 0 Å². The van der Waals surface area contributed by atoms with E-state index in [2.05, 4.69) is 12.2 Å². The van der Waals surface area contributed by atoms with Crippen molar-refractivity contribution >= 4 is 27.5 Å². The van der Waals surface area contributed by atoms with E-state index in [1.54, 1.807) is 21.6 Å². The van der Waals surface area contributed by atoms with Gasteiger partial charge in [-0.3, -0.25) is 4.79 Å². The molecule has 0 bridgehead atoms. The van der Waals surface area contributed by atoms with Gasteiger partial charge in [-0.05, 0) is 19.6 Å². The fourth-order valence-electron chi connectivity index (χ4n) is 2.21. The van der Waals surface area contributed by atoms with Crippen molar-refractivity contribution in [3.63, 3.8) is 0 Å². The highest BCUT2D eigenvalue weighted by Crippen LogP contribution is 2.48. The minimum atomic E-state index is -0.324. The number of nitrogens with one attached hydrogen (secondary N) is 1. The highest BCUT2D eigenvalue weighted by atomic mass is 33.1. The molecule has 0 aromatic heterocycles. The average Bonchev–Trinajstić information content (AvgIpc) is 3.09. The zero-order chi connectivity index (χ0) is 14.5. The van der Waals surface area contributed by atoms with Crippen LogP contribution in [0.3, 0.4) is 0 Å². The summed E-state index contributed by atoms with van der Waals surface area (Å²) in [6, 6.07) is 0. The highest BCUT2D eigenvalue weighted by molar-refractivity contribution is 8.76. The van der Waals surface area contributed by atoms with E-state index in [0.717, 1.165) is 12.2 Å². The molecular weight excluding hydrogens is 282 g/mol. The molecule has 1 rings (SSSR count). The Hall–Kier alpha value is 0.0900. The van der Waals surface area contributed by atoms with E-state index in [0.29, 0.717) is 13.0 Å². The van der Waals surface area contributed by atoms with Crippen molar-refractivity contribution in [2.75, 3.05) is 25.2 Å². The van der Waals surface area contributed by atoms with Crippen LogP contribution in [0.15, 0.2) is 0 Å². The molecule has 0 radical (unpaired) electrons. The quantitative estimate of drug-likeness (QED) is 0.388. The molecule has 1 heterocycles. The molecule has 112 valence electrons. The van der Waals surface area contributed by atoms with Crippen LogP contribution >= 0.6 is 21.6 Å². The first-order chi connectivity index (χ1) is 8.91. The van der Waals surface area contributed by atoms with E-state index in [1.807, 2.05) is 20.1 Å². The molecule has 1 aliphatic rings. The van der Waals surface area contributed by atoms with Gasteiger partial charge in [0, 0.05) is 24.1 Å². The van der Waals surface area contributed by atoms with Crippen LogP contribution in [-0.2, 0) is 9.53 Å². The van der Waals surface area contributed by atoms with Gasteiger partial charge >= 0.3 is 0 Å². The molecule has 0 saturated carbocycles. The Bertz CT molecular complexity index is 310. The Labute approximate surface area is 123 Å². The predicted molar refractivity (Wildman–Crippen MR) is 82.4 cm³/mol. The van der Waals surface area contributed by atoms with Crippen molar-refractivity contribution in [2.45, 2.75) is 45.3 Å². The van der Waals surface area contributed by atoms with Crippen molar-refractivity contribution in [1.29, 1.82) is 0 Å². The first-order valence-electron chi connectivity index (χ1n) is 6.63. The van der Waals surface area contributed by atoms with E-state index in [1.165, 1.54) is 0 Å². The fourth-order valence-corrected chi connectivity index (χ4v) is 3.39. The fraction of sp³-hybridized carbons (Fsp3) is 0.923. The molecule has 0 aromatic carbocycles. The lowest BCUT2D eigenvalue weighted by Crippen LogP contribution is -2.39. The minimum Gasteiger partial charge on any atom is -0.396 e. The number of aliphatic hydroxyl groups is 1. The maximum atomic E-state index is 11.6. The van der Waals surface area contributed by atoms with Crippen LogP contribution in [0.4, 0.5) is 0 Å². The summed E-state index contributed by atoms with van der Waals surface area (Å²) >= 11 is 0. The zero-order valence-electron chi connectivity index (χ0n) is 12.2. The van der Waals surface area contributed by atoms with Gasteiger partial charge in [0.25, 0.3) is 0 Å². The third-order valence-electron chi connectivity index (χ3n) is 3.85. The highest BCUT2D eigenvalue weighted by Gasteiger charge is 2.60. The second-order valence-electron chi connectivity index (χ2n) is 5.49. The topological polar surface area (TPSA) is 61.9 Å². The molecule has 4 nitrogen and oxygen atoms in total. The molecule has 0 spiro atoms. The second kappa shape index (κ2) is 7.20. The first kappa shape index (κ1) is 17.1. The Kier molecular flexibility index (Phi) is 6.50. The summed E-state index contributed by atoms with van der Waals surface area (Å²) in [5, 5.41) is 12.4. The number of hydrogen-bond donors (Lipinski definition) is 2. The molecule has 1 amide bonds. The number of rotatable bonds is 9. The first-order valence-corrected chi connectivity index (χ1v) is 9.35. The monoisotopic (exact) mass is 307 g/mol. The molecule has 3 unspecified atom stereocenters. The van der Waals surface area contributed by atoms with E-state index in [-0.39, 0.29) is 29.6 Å². The summed E-state index contributed by atoms with van der Waals surface area (Å²) in [5.41, 5.74) is -0.538. The van der Waals surface area contributed by atoms with Crippen LogP contribution in [0, 0.1) is 5.41 Å². The normalized spacial score (nSPS) is 28.8. The summed E-state index contributed by atoms with van der Waals surface area (Å²) < 4.78 is 5.74. The summed E-state index contributed by atoms with van der Waals surface area (Å²) in [5.74, 6) is 0.899. The third-order valence-corrected chi connectivity index (χ3v) is 5.67. The van der Waals surface area contributed by atoms with Gasteiger partial charge in [0.2, 0.25) is 5.91 Å². The van der Waals surface area contributed by atoms with Crippen molar-refractivity contribution in [3.8, 4) is 0 Å². The largest absolute Gasteiger partial charge is 0.396 e. The molecule has 19 heavy (non-hydrogen) atoms. The van der Waals surface area contributed by atoms with Gasteiger partial charge in [0.05, 0.1) is 12.7 Å². The van der Waals surface area contributed by atoms with Gasteiger partial charge in [-0.1, -0.05) is 35.4 Å². The van der Waals surface area contributed by atoms with Gasteiger partial charge in [-0.25, -0.2) is 0 Å². The molecule has 1 aliphatic heterocycles. The SMILES string of the molecule is CCC(C)(CO)C1OC1(C)CNC(=O)CCSSC. The van der Waals surface area contributed by atoms with E-state index in [4.69, 9.17) is 4.74 Å². The minimum absolute atomic E-state index is 0.0240. The summed E-state index contributed by atoms with van der Waals surface area (Å²) in [7, 11) is 3.36. The summed E-state index contributed by atoms with van der Waals surface area (Å²) in [4.78, 5) is 11.6. The lowest BCUT2D eigenvalue weighted by Gasteiger charge is -2.24. The number of hydrogen-bond acceptors (Lipinski definition) is 5. The smallest absolute Gasteiger partial charge is 0.220 e. The van der Waals surface area contributed by atoms with Crippen LogP contribution in [-0.4, -0.2) is 47.9 Å². The van der Waals surface area contributed by atoms with Crippen molar-refractivity contribution in [3.05, 3.63) is 0 Å². The van der Waals surface area contributed by atoms with Crippen LogP contribution in [0.2, 0.25) is 0 Å². The number of amides is 1. The lowest BCUT2D eigenvalue weighted by atomic mass is 9.80. The van der Waals surface area contributed by atoms with Gasteiger partial charge in [0.1, 0.15) is 5.60 Å². The number of aliphatic hydroxyl groups excluding tert-OH is 1. The maximum absolute atomic E-state index is 11.6. The molecule has 0 aromatic rings. The van der Waals surface area contributed by atoms with Gasteiger partial charge < -0.3 is 15.2 Å². The average molecular weight is 307 g/mol. The molecule has 0 aliphatic carbocycles. The molecule has 1 fully saturated rings. The van der Waals surface area contributed by atoms with Crippen LogP contribution in [0.1, 0.15) is 33.6 Å². The van der Waals surface area contributed by atoms with Crippen LogP contribution in [0.5, 0.6) is 0 Å². The van der Waals surface area contributed by atoms with Gasteiger partial charge in [-0.2, -0.15) is 0 Å². The molecule has 1 saturated heterocycles. The number of carbonyl (C=O) groups is 1. The Balaban J connectivity index is 2.33. The zero-order valence-corrected chi connectivity index (χ0v) is 13.8. The standard InChI is InChI=1S/C13H25NO3S2/c1-5-12(2,9-15)11-13(3,17-11)8-14-10(16)6-7-19-18-4/h11,15H,5-9H2,1-4H3,(H,14,16). The van der Waals surface area contributed by atoms with Crippen LogP contribution in [0.25, 0.3) is 0 Å². The number of epoxide rings is 1. The third kappa shape index (κ3) is 4.55. The second-order valence-corrected chi connectivity index (χ2v) is 8.18. The van der Waals surface area contributed by atoms with Crippen LogP contribution < -0.4 is 5.32 Å². The van der Waals surface area contributed by atoms with Crippen molar-refractivity contribution < 1.29 is 14.6 Å². The van der Waals surface area contributed by atoms with Crippen molar-refractivity contribution in [2.24, 2.45) is 5.41 Å². The Morgan fingerprint density at radius 2 is 2.26 bits per heavy atom.